The third-order valence-electron chi connectivity index (χ3n) is 3.82. The zero-order valence-corrected chi connectivity index (χ0v) is 13.1. The molecule has 1 fully saturated rings. The molecule has 0 unspecified atom stereocenters. The van der Waals surface area contributed by atoms with Crippen LogP contribution in [-0.4, -0.2) is 50.0 Å². The highest BCUT2D eigenvalue weighted by atomic mass is 35.5. The van der Waals surface area contributed by atoms with E-state index in [2.05, 4.69) is 10.3 Å². The second kappa shape index (κ2) is 5.73. The molecule has 1 aliphatic heterocycles. The molecule has 0 radical (unpaired) electrons. The first kappa shape index (κ1) is 15.1. The molecule has 2 atom stereocenters. The van der Waals surface area contributed by atoms with Gasteiger partial charge >= 0.3 is 0 Å². The van der Waals surface area contributed by atoms with Crippen molar-refractivity contribution in [2.45, 2.75) is 19.4 Å². The van der Waals surface area contributed by atoms with E-state index in [0.29, 0.717) is 23.7 Å². The number of likely N-dealkylation sites (tertiary alicyclic amines) is 1. The first-order chi connectivity index (χ1) is 10.4. The lowest BCUT2D eigenvalue weighted by atomic mass is 10.0. The van der Waals surface area contributed by atoms with Gasteiger partial charge in [-0.2, -0.15) is 5.10 Å². The van der Waals surface area contributed by atoms with Crippen molar-refractivity contribution in [3.05, 3.63) is 34.4 Å². The summed E-state index contributed by atoms with van der Waals surface area (Å²) in [4.78, 5) is 14.0. The number of hydrogen-bond donors (Lipinski definition) is 1. The van der Waals surface area contributed by atoms with Crippen LogP contribution in [0, 0.1) is 12.8 Å². The van der Waals surface area contributed by atoms with Crippen molar-refractivity contribution in [1.82, 2.24) is 19.8 Å². The van der Waals surface area contributed by atoms with Gasteiger partial charge in [0.1, 0.15) is 5.76 Å². The van der Waals surface area contributed by atoms with Crippen molar-refractivity contribution in [1.29, 1.82) is 0 Å². The number of amides is 1. The van der Waals surface area contributed by atoms with E-state index in [0.717, 1.165) is 5.69 Å². The standard InChI is InChI=1S/C14H17ClN4O3/c1-8-3-10(22-17-8)4-9-5-19(7-12(9)20)14(21)13-11(15)6-18(2)16-13/h3,6,9,12,20H,4-5,7H2,1-2H3/t9-,12-/m1/s1. The Morgan fingerprint density at radius 3 is 2.91 bits per heavy atom. The van der Waals surface area contributed by atoms with Crippen molar-refractivity contribution in [2.75, 3.05) is 13.1 Å². The minimum Gasteiger partial charge on any atom is -0.391 e. The summed E-state index contributed by atoms with van der Waals surface area (Å²) in [5.41, 5.74) is 1.02. The number of hydrogen-bond acceptors (Lipinski definition) is 5. The van der Waals surface area contributed by atoms with Crippen LogP contribution >= 0.6 is 11.6 Å². The fraction of sp³-hybridized carbons (Fsp3) is 0.500. The zero-order valence-electron chi connectivity index (χ0n) is 12.4. The van der Waals surface area contributed by atoms with E-state index < -0.39 is 6.10 Å². The maximum Gasteiger partial charge on any atom is 0.276 e. The highest BCUT2D eigenvalue weighted by Crippen LogP contribution is 2.25. The maximum atomic E-state index is 12.4. The van der Waals surface area contributed by atoms with E-state index in [1.54, 1.807) is 18.1 Å². The zero-order chi connectivity index (χ0) is 15.9. The summed E-state index contributed by atoms with van der Waals surface area (Å²) in [5, 5.41) is 18.4. The first-order valence-electron chi connectivity index (χ1n) is 7.02. The second-order valence-corrected chi connectivity index (χ2v) is 6.08. The van der Waals surface area contributed by atoms with Gasteiger partial charge in [0.2, 0.25) is 0 Å². The van der Waals surface area contributed by atoms with Gasteiger partial charge in [0.25, 0.3) is 5.91 Å². The predicted octanol–water partition coefficient (Wildman–Crippen LogP) is 1.05. The summed E-state index contributed by atoms with van der Waals surface area (Å²) in [6.07, 6.45) is 1.52. The van der Waals surface area contributed by atoms with Gasteiger partial charge in [0.15, 0.2) is 5.69 Å². The summed E-state index contributed by atoms with van der Waals surface area (Å²) in [6, 6.07) is 1.84. The normalized spacial score (nSPS) is 21.5. The molecule has 1 aliphatic rings. The van der Waals surface area contributed by atoms with Gasteiger partial charge in [-0.05, 0) is 6.92 Å². The Bertz CT molecular complexity index is 696. The van der Waals surface area contributed by atoms with Crippen molar-refractivity contribution < 1.29 is 14.4 Å². The van der Waals surface area contributed by atoms with E-state index in [1.165, 1.54) is 4.68 Å². The Hall–Kier alpha value is -1.86. The van der Waals surface area contributed by atoms with Gasteiger partial charge in [-0.3, -0.25) is 9.48 Å². The molecule has 3 rings (SSSR count). The van der Waals surface area contributed by atoms with E-state index in [-0.39, 0.29) is 24.1 Å². The lowest BCUT2D eigenvalue weighted by Crippen LogP contribution is -2.30. The van der Waals surface area contributed by atoms with Gasteiger partial charge in [-0.1, -0.05) is 16.8 Å². The van der Waals surface area contributed by atoms with E-state index >= 15 is 0 Å². The maximum absolute atomic E-state index is 12.4. The molecule has 22 heavy (non-hydrogen) atoms. The van der Waals surface area contributed by atoms with E-state index in [1.807, 2.05) is 13.0 Å². The van der Waals surface area contributed by atoms with E-state index in [9.17, 15) is 9.90 Å². The molecule has 0 aromatic carbocycles. The van der Waals surface area contributed by atoms with Gasteiger partial charge in [-0.25, -0.2) is 0 Å². The number of aromatic nitrogens is 3. The number of carbonyl (C=O) groups is 1. The van der Waals surface area contributed by atoms with Crippen LogP contribution in [0.25, 0.3) is 0 Å². The Morgan fingerprint density at radius 1 is 1.55 bits per heavy atom. The highest BCUT2D eigenvalue weighted by molar-refractivity contribution is 6.33. The molecule has 7 nitrogen and oxygen atoms in total. The molecular weight excluding hydrogens is 308 g/mol. The van der Waals surface area contributed by atoms with Crippen LogP contribution in [0.3, 0.4) is 0 Å². The fourth-order valence-corrected chi connectivity index (χ4v) is 3.01. The quantitative estimate of drug-likeness (QED) is 0.912. The molecule has 0 bridgehead atoms. The molecular formula is C14H17ClN4O3. The lowest BCUT2D eigenvalue weighted by molar-refractivity contribution is 0.0758. The predicted molar refractivity (Wildman–Crippen MR) is 78.6 cm³/mol. The third-order valence-corrected chi connectivity index (χ3v) is 4.10. The Labute approximate surface area is 132 Å². The van der Waals surface area contributed by atoms with Crippen molar-refractivity contribution in [2.24, 2.45) is 13.0 Å². The smallest absolute Gasteiger partial charge is 0.276 e. The molecule has 2 aromatic rings. The SMILES string of the molecule is Cc1cc(C[C@@H]2CN(C(=O)c3nn(C)cc3Cl)C[C@H]2O)on1. The Kier molecular flexibility index (Phi) is 3.92. The van der Waals surface area contributed by atoms with Crippen LogP contribution in [0.5, 0.6) is 0 Å². The van der Waals surface area contributed by atoms with Crippen LogP contribution in [0.2, 0.25) is 5.02 Å². The van der Waals surface area contributed by atoms with Crippen LogP contribution in [-0.2, 0) is 13.5 Å². The number of halogens is 1. The Balaban J connectivity index is 1.70. The molecule has 2 aromatic heterocycles. The summed E-state index contributed by atoms with van der Waals surface area (Å²) < 4.78 is 6.67. The molecule has 0 spiro atoms. The number of aliphatic hydroxyl groups is 1. The number of aliphatic hydroxyl groups excluding tert-OH is 1. The monoisotopic (exact) mass is 324 g/mol. The average Bonchev–Trinajstić information content (AvgIpc) is 3.11. The number of nitrogens with zero attached hydrogens (tertiary/aromatic N) is 4. The van der Waals surface area contributed by atoms with Crippen LogP contribution in [0.1, 0.15) is 21.9 Å². The Morgan fingerprint density at radius 2 is 2.32 bits per heavy atom. The summed E-state index contributed by atoms with van der Waals surface area (Å²) in [6.45, 7) is 2.55. The minimum absolute atomic E-state index is 0.0845. The molecule has 3 heterocycles. The van der Waals surface area contributed by atoms with E-state index in [4.69, 9.17) is 16.1 Å². The molecule has 1 N–H and O–H groups in total. The van der Waals surface area contributed by atoms with Crippen molar-refractivity contribution >= 4 is 17.5 Å². The molecule has 0 aliphatic carbocycles. The van der Waals surface area contributed by atoms with Gasteiger partial charge in [-0.15, -0.1) is 0 Å². The fourth-order valence-electron chi connectivity index (χ4n) is 2.75. The van der Waals surface area contributed by atoms with Crippen LogP contribution in [0.4, 0.5) is 0 Å². The molecule has 8 heteroatoms. The largest absolute Gasteiger partial charge is 0.391 e. The third kappa shape index (κ3) is 2.86. The topological polar surface area (TPSA) is 84.4 Å². The highest BCUT2D eigenvalue weighted by Gasteiger charge is 2.36. The molecule has 0 saturated carbocycles. The number of rotatable bonds is 3. The van der Waals surface area contributed by atoms with Crippen molar-refractivity contribution in [3.8, 4) is 0 Å². The molecule has 1 saturated heterocycles. The molecule has 118 valence electrons. The number of β-amino-alcohol motifs (C(OH)–C–C–N with tert-alkyl or cyclic N) is 1. The minimum atomic E-state index is -0.600. The summed E-state index contributed by atoms with van der Waals surface area (Å²) in [7, 11) is 1.70. The van der Waals surface area contributed by atoms with Gasteiger partial charge in [0, 0.05) is 44.7 Å². The van der Waals surface area contributed by atoms with Crippen LogP contribution in [0.15, 0.2) is 16.8 Å². The van der Waals surface area contributed by atoms with Crippen molar-refractivity contribution in [3.63, 3.8) is 0 Å². The summed E-state index contributed by atoms with van der Waals surface area (Å²) in [5.74, 6) is 0.367. The first-order valence-corrected chi connectivity index (χ1v) is 7.40. The van der Waals surface area contributed by atoms with Gasteiger partial charge < -0.3 is 14.5 Å². The van der Waals surface area contributed by atoms with Crippen LogP contribution < -0.4 is 0 Å². The molecule has 1 amide bonds. The second-order valence-electron chi connectivity index (χ2n) is 5.68. The average molecular weight is 325 g/mol. The summed E-state index contributed by atoms with van der Waals surface area (Å²) >= 11 is 6.01. The number of carbonyl (C=O) groups excluding carboxylic acids is 1. The number of aryl methyl sites for hydroxylation is 2. The van der Waals surface area contributed by atoms with Gasteiger partial charge in [0.05, 0.1) is 16.8 Å². The lowest BCUT2D eigenvalue weighted by Gasteiger charge is -2.14.